The first-order chi connectivity index (χ1) is 9.76. The van der Waals surface area contributed by atoms with Crippen molar-refractivity contribution in [1.29, 1.82) is 0 Å². The fraction of sp³-hybridized carbons (Fsp3) is 0.133. The van der Waals surface area contributed by atoms with E-state index < -0.39 is 0 Å². The van der Waals surface area contributed by atoms with Crippen LogP contribution in [0.1, 0.15) is 5.82 Å². The van der Waals surface area contributed by atoms with Crippen molar-refractivity contribution in [2.45, 2.75) is 6.61 Å². The van der Waals surface area contributed by atoms with E-state index in [0.717, 1.165) is 16.9 Å². The fourth-order valence-electron chi connectivity index (χ4n) is 1.99. The molecule has 1 aromatic heterocycles. The Morgan fingerprint density at radius 2 is 1.95 bits per heavy atom. The van der Waals surface area contributed by atoms with E-state index in [1.165, 1.54) is 0 Å². The number of fused-ring (bicyclic) bond motifs is 1. The van der Waals surface area contributed by atoms with Gasteiger partial charge in [0.05, 0.1) is 18.1 Å². The lowest BCUT2D eigenvalue weighted by atomic mass is 10.3. The van der Waals surface area contributed by atoms with Crippen LogP contribution in [-0.4, -0.2) is 17.1 Å². The summed E-state index contributed by atoms with van der Waals surface area (Å²) in [6.07, 6.45) is 0. The minimum Gasteiger partial charge on any atom is -0.493 e. The standard InChI is InChI=1S/C15H13ClN2O2/c1-19-13-4-2-3-5-14(13)20-9-15-17-11-7-6-10(16)8-12(11)18-15/h2-8H,9H2,1H3,(H,17,18). The summed E-state index contributed by atoms with van der Waals surface area (Å²) in [5.41, 5.74) is 1.77. The monoisotopic (exact) mass is 288 g/mol. The molecular weight excluding hydrogens is 276 g/mol. The average Bonchev–Trinajstić information content (AvgIpc) is 2.87. The van der Waals surface area contributed by atoms with Crippen LogP contribution in [0.3, 0.4) is 0 Å². The maximum atomic E-state index is 5.94. The number of nitrogens with one attached hydrogen (secondary N) is 1. The fourth-order valence-corrected chi connectivity index (χ4v) is 2.16. The van der Waals surface area contributed by atoms with Gasteiger partial charge >= 0.3 is 0 Å². The highest BCUT2D eigenvalue weighted by Crippen LogP contribution is 2.26. The number of aromatic nitrogens is 2. The van der Waals surface area contributed by atoms with Crippen molar-refractivity contribution >= 4 is 22.6 Å². The van der Waals surface area contributed by atoms with Gasteiger partial charge in [-0.25, -0.2) is 4.98 Å². The second kappa shape index (κ2) is 5.43. The predicted molar refractivity (Wildman–Crippen MR) is 78.4 cm³/mol. The molecule has 0 aliphatic heterocycles. The highest BCUT2D eigenvalue weighted by atomic mass is 35.5. The van der Waals surface area contributed by atoms with Crippen molar-refractivity contribution in [3.05, 3.63) is 53.3 Å². The number of para-hydroxylation sites is 2. The average molecular weight is 289 g/mol. The molecule has 1 heterocycles. The molecule has 0 radical (unpaired) electrons. The van der Waals surface area contributed by atoms with Crippen molar-refractivity contribution in [1.82, 2.24) is 9.97 Å². The summed E-state index contributed by atoms with van der Waals surface area (Å²) < 4.78 is 11.0. The number of aromatic amines is 1. The van der Waals surface area contributed by atoms with Crippen molar-refractivity contribution in [2.24, 2.45) is 0 Å². The van der Waals surface area contributed by atoms with Crippen molar-refractivity contribution in [2.75, 3.05) is 7.11 Å². The summed E-state index contributed by atoms with van der Waals surface area (Å²) >= 11 is 5.94. The van der Waals surface area contributed by atoms with Gasteiger partial charge in [-0.1, -0.05) is 23.7 Å². The van der Waals surface area contributed by atoms with Gasteiger partial charge < -0.3 is 14.5 Å². The van der Waals surface area contributed by atoms with E-state index in [0.29, 0.717) is 23.1 Å². The van der Waals surface area contributed by atoms with Crippen LogP contribution < -0.4 is 9.47 Å². The van der Waals surface area contributed by atoms with E-state index in [2.05, 4.69) is 9.97 Å². The number of H-pyrrole nitrogens is 1. The summed E-state index contributed by atoms with van der Waals surface area (Å²) in [6, 6.07) is 13.0. The Balaban J connectivity index is 1.79. The largest absolute Gasteiger partial charge is 0.493 e. The Labute approximate surface area is 121 Å². The summed E-state index contributed by atoms with van der Waals surface area (Å²) in [5.74, 6) is 2.13. The summed E-state index contributed by atoms with van der Waals surface area (Å²) in [7, 11) is 1.62. The molecule has 3 aromatic rings. The van der Waals surface area contributed by atoms with Gasteiger partial charge in [0.25, 0.3) is 0 Å². The van der Waals surface area contributed by atoms with Gasteiger partial charge in [-0.05, 0) is 30.3 Å². The van der Waals surface area contributed by atoms with Gasteiger partial charge in [-0.2, -0.15) is 0 Å². The summed E-state index contributed by atoms with van der Waals surface area (Å²) in [4.78, 5) is 7.63. The molecular formula is C15H13ClN2O2. The van der Waals surface area contributed by atoms with Crippen LogP contribution in [0, 0.1) is 0 Å². The number of nitrogens with zero attached hydrogens (tertiary/aromatic N) is 1. The first kappa shape index (κ1) is 12.8. The first-order valence-electron chi connectivity index (χ1n) is 6.16. The molecule has 0 aliphatic carbocycles. The SMILES string of the molecule is COc1ccccc1OCc1nc2ccc(Cl)cc2[nH]1. The third-order valence-corrected chi connectivity index (χ3v) is 3.16. The third-order valence-electron chi connectivity index (χ3n) is 2.93. The van der Waals surface area contributed by atoms with Gasteiger partial charge in [-0.3, -0.25) is 0 Å². The Morgan fingerprint density at radius 3 is 2.75 bits per heavy atom. The van der Waals surface area contributed by atoms with Gasteiger partial charge in [0.1, 0.15) is 12.4 Å². The van der Waals surface area contributed by atoms with E-state index in [-0.39, 0.29) is 0 Å². The molecule has 4 nitrogen and oxygen atoms in total. The van der Waals surface area contributed by atoms with E-state index >= 15 is 0 Å². The van der Waals surface area contributed by atoms with Gasteiger partial charge in [0.2, 0.25) is 0 Å². The number of ether oxygens (including phenoxy) is 2. The smallest absolute Gasteiger partial charge is 0.161 e. The van der Waals surface area contributed by atoms with Crippen molar-refractivity contribution in [3.63, 3.8) is 0 Å². The zero-order chi connectivity index (χ0) is 13.9. The minimum atomic E-state index is 0.340. The van der Waals surface area contributed by atoms with Crippen LogP contribution >= 0.6 is 11.6 Å². The first-order valence-corrected chi connectivity index (χ1v) is 6.54. The lowest BCUT2D eigenvalue weighted by Gasteiger charge is -2.08. The Hall–Kier alpha value is -2.20. The van der Waals surface area contributed by atoms with E-state index in [1.807, 2.05) is 42.5 Å². The Morgan fingerprint density at radius 1 is 1.15 bits per heavy atom. The summed E-state index contributed by atoms with van der Waals surface area (Å²) in [6.45, 7) is 0.340. The second-order valence-electron chi connectivity index (χ2n) is 4.28. The lowest BCUT2D eigenvalue weighted by Crippen LogP contribution is -1.99. The highest BCUT2D eigenvalue weighted by molar-refractivity contribution is 6.31. The molecule has 0 saturated carbocycles. The molecule has 0 unspecified atom stereocenters. The number of halogens is 1. The third kappa shape index (κ3) is 2.56. The van der Waals surface area contributed by atoms with Crippen molar-refractivity contribution in [3.8, 4) is 11.5 Å². The molecule has 102 valence electrons. The van der Waals surface area contributed by atoms with Crippen LogP contribution in [-0.2, 0) is 6.61 Å². The van der Waals surface area contributed by atoms with Crippen molar-refractivity contribution < 1.29 is 9.47 Å². The van der Waals surface area contributed by atoms with Crippen LogP contribution in [0.4, 0.5) is 0 Å². The summed E-state index contributed by atoms with van der Waals surface area (Å²) in [5, 5.41) is 0.679. The predicted octanol–water partition coefficient (Wildman–Crippen LogP) is 3.80. The van der Waals surface area contributed by atoms with Gasteiger partial charge in [0.15, 0.2) is 11.5 Å². The maximum Gasteiger partial charge on any atom is 0.161 e. The molecule has 0 saturated heterocycles. The van der Waals surface area contributed by atoms with Crippen LogP contribution in [0.5, 0.6) is 11.5 Å². The molecule has 5 heteroatoms. The molecule has 0 spiro atoms. The number of hydrogen-bond donors (Lipinski definition) is 1. The second-order valence-corrected chi connectivity index (χ2v) is 4.72. The topological polar surface area (TPSA) is 47.1 Å². The van der Waals surface area contributed by atoms with Crippen LogP contribution in [0.25, 0.3) is 11.0 Å². The normalized spacial score (nSPS) is 10.7. The van der Waals surface area contributed by atoms with E-state index in [4.69, 9.17) is 21.1 Å². The maximum absolute atomic E-state index is 5.94. The Kier molecular flexibility index (Phi) is 3.48. The van der Waals surface area contributed by atoms with Crippen LogP contribution in [0.15, 0.2) is 42.5 Å². The number of rotatable bonds is 4. The molecule has 1 N–H and O–H groups in total. The molecule has 0 atom stereocenters. The molecule has 0 fully saturated rings. The van der Waals surface area contributed by atoms with E-state index in [9.17, 15) is 0 Å². The van der Waals surface area contributed by atoms with Gasteiger partial charge in [0, 0.05) is 5.02 Å². The molecule has 20 heavy (non-hydrogen) atoms. The molecule has 0 bridgehead atoms. The lowest BCUT2D eigenvalue weighted by molar-refractivity contribution is 0.277. The number of imidazole rings is 1. The molecule has 3 rings (SSSR count). The number of benzene rings is 2. The molecule has 0 amide bonds. The Bertz CT molecular complexity index is 740. The number of hydrogen-bond acceptors (Lipinski definition) is 3. The van der Waals surface area contributed by atoms with Crippen LogP contribution in [0.2, 0.25) is 5.02 Å². The molecule has 0 aliphatic rings. The zero-order valence-electron chi connectivity index (χ0n) is 10.9. The molecule has 2 aromatic carbocycles. The quantitative estimate of drug-likeness (QED) is 0.794. The van der Waals surface area contributed by atoms with E-state index in [1.54, 1.807) is 7.11 Å². The zero-order valence-corrected chi connectivity index (χ0v) is 11.6. The highest BCUT2D eigenvalue weighted by Gasteiger charge is 2.06. The number of methoxy groups -OCH3 is 1. The van der Waals surface area contributed by atoms with Gasteiger partial charge in [-0.15, -0.1) is 0 Å². The minimum absolute atomic E-state index is 0.340.